The number of nitrogens with one attached hydrogen (secondary N) is 5. The van der Waals surface area contributed by atoms with E-state index in [0.29, 0.717) is 77.2 Å². The number of halogens is 7. The number of aromatic amines is 4. The molecule has 0 bridgehead atoms. The standard InChI is InChI=1S/C29H42N4O2.C27H39N3O2.C27H37N3O.C26H35N3O2.2C2HF3O.ClH/c1-21-20-30-27(32-21)26(34)18-23-6-7-24(19-25(23)22-8-10-28(2,3)11-9-22)29(4,5)31-12-13-33-14-16-35-17-15-33;1-19-18-28-25(29-19)24(31)16-21-8-9-22(27(4,5)32-15-14-30(6)7)17-23(21)20-10-12-26(2,3)13-11-20;1-19-18-28-25(29-19)24(31)16-21-8-9-22(27(4,5)30-14-6-7-15-30)17-23(21)20-10-12-26(2,3)13-11-20;1-19-18-27-25(28-19)24(30)17-22-5-4-20(8-11-29-12-14-31-15-13-29)16-23(22)21-6-9-26(2,3)10-7-21;2*3-2(4,5)1-6;/h6-8,19-20,31H,9-18H2,1-5H3,(H,30,32);8-10,17-18H,11-16H2,1-7H3,(H,28,29);8-10,17-18H,6-7,11-16H2,1-5H3,(H,28,29);4-6,16,18H,7-15,17H2,1-3H3,(H,27,28);2*1H;1H. The van der Waals surface area contributed by atoms with Crippen LogP contribution in [-0.2, 0) is 72.6 Å². The highest BCUT2D eigenvalue weighted by molar-refractivity contribution is 5.97. The van der Waals surface area contributed by atoms with E-state index in [0.717, 1.165) is 213 Å². The maximum Gasteiger partial charge on any atom is 0.446 e. The van der Waals surface area contributed by atoms with Crippen molar-refractivity contribution in [3.63, 3.8) is 0 Å². The summed E-state index contributed by atoms with van der Waals surface area (Å²) in [5, 5.41) is 3.77. The molecule has 3 aliphatic heterocycles. The van der Waals surface area contributed by atoms with Crippen LogP contribution in [0.25, 0.3) is 22.3 Å². The maximum absolute atomic E-state index is 13.0. The monoisotopic (exact) mass is 1990 g/mol. The van der Waals surface area contributed by atoms with Crippen LogP contribution in [0, 0.1) is 49.4 Å². The molecule has 7 heterocycles. The van der Waals surface area contributed by atoms with Gasteiger partial charge in [0.15, 0.2) is 23.3 Å². The van der Waals surface area contributed by atoms with E-state index in [-0.39, 0.29) is 46.6 Å². The Morgan fingerprint density at radius 1 is 0.451 bits per heavy atom. The van der Waals surface area contributed by atoms with E-state index in [1.807, 2.05) is 27.7 Å². The third-order valence-corrected chi connectivity index (χ3v) is 28.3. The number of hydrogen-bond donors (Lipinski definition) is 5. The minimum Gasteiger partial charge on any atom is -0.379 e. The smallest absolute Gasteiger partial charge is 0.379 e. The minimum atomic E-state index is -4.64. The number of carbonyl (C=O) groups excluding carboxylic acids is 6. The van der Waals surface area contributed by atoms with Crippen LogP contribution >= 0.6 is 12.4 Å². The molecule has 0 unspecified atom stereocenters. The number of allylic oxidation sites excluding steroid dienone is 8. The average Bonchev–Trinajstić information content (AvgIpc) is 1.32. The largest absolute Gasteiger partial charge is 0.446 e. The molecule has 3 fully saturated rings. The van der Waals surface area contributed by atoms with Gasteiger partial charge in [-0.2, -0.15) is 26.3 Å². The Bertz CT molecular complexity index is 5640. The van der Waals surface area contributed by atoms with E-state index >= 15 is 0 Å². The number of imidazole rings is 4. The number of aryl methyl sites for hydroxylation is 4. The number of ether oxygens (including phenoxy) is 3. The van der Waals surface area contributed by atoms with Gasteiger partial charge in [-0.3, -0.25) is 43.5 Å². The predicted octanol–water partition coefficient (Wildman–Crippen LogP) is 23.0. The highest BCUT2D eigenvalue weighted by Crippen LogP contribution is 2.46. The number of likely N-dealkylation sites (N-methyl/N-ethyl adjacent to an activating group) is 1. The van der Waals surface area contributed by atoms with Crippen LogP contribution in [0.5, 0.6) is 0 Å². The second kappa shape index (κ2) is 51.3. The molecule has 4 aliphatic carbocycles. The maximum atomic E-state index is 13.0. The first-order valence-corrected chi connectivity index (χ1v) is 50.2. The lowest BCUT2D eigenvalue weighted by Gasteiger charge is -2.37. The molecule has 7 aliphatic rings. The van der Waals surface area contributed by atoms with E-state index in [2.05, 4.69) is 273 Å². The zero-order chi connectivity index (χ0) is 103. The number of morpholine rings is 2. The first-order chi connectivity index (χ1) is 66.3. The van der Waals surface area contributed by atoms with Gasteiger partial charge in [0.1, 0.15) is 0 Å². The van der Waals surface area contributed by atoms with Crippen molar-refractivity contribution in [3.05, 3.63) is 235 Å². The summed E-state index contributed by atoms with van der Waals surface area (Å²) in [6.45, 7) is 54.0. The van der Waals surface area contributed by atoms with E-state index in [1.54, 1.807) is 24.8 Å². The van der Waals surface area contributed by atoms with Gasteiger partial charge in [-0.05, 0) is 322 Å². The highest BCUT2D eigenvalue weighted by Gasteiger charge is 2.36. The van der Waals surface area contributed by atoms with E-state index < -0.39 is 30.5 Å². The molecule has 142 heavy (non-hydrogen) atoms. The van der Waals surface area contributed by atoms with Crippen LogP contribution in [0.3, 0.4) is 0 Å². The van der Waals surface area contributed by atoms with Gasteiger partial charge in [-0.1, -0.05) is 134 Å². The number of rotatable bonds is 31. The first-order valence-electron chi connectivity index (χ1n) is 50.2. The third kappa shape index (κ3) is 35.9. The quantitative estimate of drug-likeness (QED) is 0.0153. The second-order valence-electron chi connectivity index (χ2n) is 44.0. The van der Waals surface area contributed by atoms with Gasteiger partial charge >= 0.3 is 12.4 Å². The molecule has 8 aromatic rings. The number of carbonyl (C=O) groups is 6. The van der Waals surface area contributed by atoms with Crippen LogP contribution in [0.1, 0.15) is 319 Å². The van der Waals surface area contributed by atoms with Crippen molar-refractivity contribution < 1.29 is 69.3 Å². The molecule has 0 radical (unpaired) electrons. The molecule has 0 spiro atoms. The van der Waals surface area contributed by atoms with Gasteiger partial charge in [0.25, 0.3) is 0 Å². The molecular formula is C113H156ClF6N13O9. The predicted molar refractivity (Wildman–Crippen MR) is 556 cm³/mol. The third-order valence-electron chi connectivity index (χ3n) is 28.3. The zero-order valence-electron chi connectivity index (χ0n) is 87.7. The van der Waals surface area contributed by atoms with Crippen molar-refractivity contribution in [1.29, 1.82) is 0 Å². The Kier molecular flexibility index (Phi) is 41.9. The highest BCUT2D eigenvalue weighted by atomic mass is 35.5. The van der Waals surface area contributed by atoms with Crippen molar-refractivity contribution in [2.75, 3.05) is 113 Å². The summed E-state index contributed by atoms with van der Waals surface area (Å²) in [5.74, 6) is 1.95. The Hall–Kier alpha value is -9.75. The SMILES string of the molecule is Cc1cnc(C(=O)Cc2ccc(C(C)(C)N3CCCC3)cc2C2=CCC(C)(C)CC2)[nH]1.Cc1cnc(C(=O)Cc2ccc(C(C)(C)NCCN3CCOCC3)cc2C2=CCC(C)(C)CC2)[nH]1.Cc1cnc(C(=O)Cc2ccc(C(C)(C)OCCN(C)C)cc2C2=CCC(C)(C)CC2)[nH]1.Cc1cnc(C(=O)Cc2ccc(CCN3CCOCC3)cc2C2=CCC(C)(C)CC2)[nH]1.Cl.O=CC(F)(F)F.O=CC(F)(F)F. The first kappa shape index (κ1) is 116. The van der Waals surface area contributed by atoms with Crippen molar-refractivity contribution >= 4 is 70.4 Å². The van der Waals surface area contributed by atoms with Crippen molar-refractivity contribution in [2.45, 2.75) is 276 Å². The topological polar surface area (TPSA) is 270 Å². The van der Waals surface area contributed by atoms with Gasteiger partial charge in [-0.15, -0.1) is 12.4 Å². The summed E-state index contributed by atoms with van der Waals surface area (Å²) in [6, 6.07) is 26.6. The lowest BCUT2D eigenvalue weighted by Crippen LogP contribution is -2.44. The molecule has 0 amide bonds. The Morgan fingerprint density at radius 2 is 0.761 bits per heavy atom. The zero-order valence-corrected chi connectivity index (χ0v) is 88.5. The fraction of sp³-hybridized carbons (Fsp3) is 0.558. The molecule has 29 heteroatoms. The van der Waals surface area contributed by atoms with Gasteiger partial charge < -0.3 is 44.4 Å². The van der Waals surface area contributed by atoms with E-state index in [1.165, 1.54) is 86.9 Å². The lowest BCUT2D eigenvalue weighted by molar-refractivity contribution is -0.156. The number of likely N-dealkylation sites (tertiary alicyclic amines) is 1. The van der Waals surface area contributed by atoms with E-state index in [9.17, 15) is 45.5 Å². The Balaban J connectivity index is 0.000000203. The Labute approximate surface area is 844 Å². The Morgan fingerprint density at radius 3 is 1.08 bits per heavy atom. The molecule has 4 aromatic carbocycles. The van der Waals surface area contributed by atoms with Gasteiger partial charge in [0, 0.05) is 137 Å². The molecule has 22 nitrogen and oxygen atoms in total. The summed E-state index contributed by atoms with van der Waals surface area (Å²) in [5.41, 5.74) is 24.3. The fourth-order valence-corrected chi connectivity index (χ4v) is 18.6. The lowest BCUT2D eigenvalue weighted by atomic mass is 9.75. The number of hydrogen-bond acceptors (Lipinski definition) is 18. The van der Waals surface area contributed by atoms with Crippen LogP contribution in [0.15, 0.2) is 122 Å². The molecule has 0 atom stereocenters. The summed E-state index contributed by atoms with van der Waals surface area (Å²) in [7, 11) is 4.11. The fourth-order valence-electron chi connectivity index (χ4n) is 18.6. The number of Topliss-reactive ketones (excluding diaryl/α,β-unsaturated/α-hetero) is 4. The number of alkyl halides is 6. The summed E-state index contributed by atoms with van der Waals surface area (Å²) in [4.78, 5) is 108. The summed E-state index contributed by atoms with van der Waals surface area (Å²) in [6.07, 6.45) is 23.3. The van der Waals surface area contributed by atoms with Crippen molar-refractivity contribution in [3.8, 4) is 0 Å². The summed E-state index contributed by atoms with van der Waals surface area (Å²) >= 11 is 0. The summed E-state index contributed by atoms with van der Waals surface area (Å²) < 4.78 is 79.7. The molecule has 776 valence electrons. The van der Waals surface area contributed by atoms with Gasteiger partial charge in [0.2, 0.25) is 35.7 Å². The molecule has 4 aromatic heterocycles. The number of nitrogens with zero attached hydrogens (tertiary/aromatic N) is 8. The van der Waals surface area contributed by atoms with E-state index in [4.69, 9.17) is 23.8 Å². The van der Waals surface area contributed by atoms with Crippen molar-refractivity contribution in [1.82, 2.24) is 64.8 Å². The minimum absolute atomic E-state index is 0. The normalized spacial score (nSPS) is 17.7. The molecule has 3 saturated heterocycles. The number of aromatic nitrogens is 8. The van der Waals surface area contributed by atoms with Crippen molar-refractivity contribution in [2.24, 2.45) is 21.7 Å². The van der Waals surface area contributed by atoms with Crippen LogP contribution in [0.4, 0.5) is 26.3 Å². The number of ketones is 4. The molecule has 5 N–H and O–H groups in total. The number of benzene rings is 4. The average molecular weight is 1990 g/mol. The number of H-pyrrole nitrogens is 4. The van der Waals surface area contributed by atoms with Gasteiger partial charge in [0.05, 0.1) is 38.6 Å². The van der Waals surface area contributed by atoms with Gasteiger partial charge in [-0.25, -0.2) is 19.9 Å². The van der Waals surface area contributed by atoms with Crippen LogP contribution in [0.2, 0.25) is 0 Å². The molecule has 0 saturated carbocycles. The van der Waals surface area contributed by atoms with Crippen LogP contribution in [-0.4, -0.2) is 220 Å². The second-order valence-corrected chi connectivity index (χ2v) is 44.0. The number of aldehydes is 2. The molecular weight excluding hydrogens is 1830 g/mol. The molecule has 15 rings (SSSR count). The van der Waals surface area contributed by atoms with Crippen LogP contribution < -0.4 is 5.32 Å².